The van der Waals surface area contributed by atoms with Gasteiger partial charge in [-0.05, 0) is 12.5 Å². The topological polar surface area (TPSA) is 77.9 Å². The molecule has 2 atom stereocenters. The quantitative estimate of drug-likeness (QED) is 0.834. The number of rotatable bonds is 5. The maximum Gasteiger partial charge on any atom is 0.240 e. The van der Waals surface area contributed by atoms with Gasteiger partial charge in [-0.2, -0.15) is 0 Å². The van der Waals surface area contributed by atoms with Crippen LogP contribution in [-0.2, 0) is 14.6 Å². The van der Waals surface area contributed by atoms with Crippen molar-refractivity contribution in [2.24, 2.45) is 0 Å². The van der Waals surface area contributed by atoms with Crippen LogP contribution < -0.4 is 0 Å². The SMILES string of the molecule is CC(C(=O)N1CCN(CC(O)c2ccccc2)CC1)S(C)(=O)=O. The van der Waals surface area contributed by atoms with Crippen molar-refractivity contribution in [3.8, 4) is 0 Å². The van der Waals surface area contributed by atoms with Gasteiger partial charge in [-0.25, -0.2) is 8.42 Å². The van der Waals surface area contributed by atoms with E-state index in [0.717, 1.165) is 11.8 Å². The van der Waals surface area contributed by atoms with Gasteiger partial charge in [-0.3, -0.25) is 9.69 Å². The summed E-state index contributed by atoms with van der Waals surface area (Å²) in [6, 6.07) is 9.46. The van der Waals surface area contributed by atoms with Gasteiger partial charge in [-0.1, -0.05) is 30.3 Å². The Morgan fingerprint density at radius 1 is 1.17 bits per heavy atom. The van der Waals surface area contributed by atoms with Crippen molar-refractivity contribution < 1.29 is 18.3 Å². The van der Waals surface area contributed by atoms with Crippen LogP contribution in [0, 0.1) is 0 Å². The lowest BCUT2D eigenvalue weighted by molar-refractivity contribution is -0.132. The Balaban J connectivity index is 1.86. The summed E-state index contributed by atoms with van der Waals surface area (Å²) >= 11 is 0. The van der Waals surface area contributed by atoms with Gasteiger partial charge in [0.2, 0.25) is 5.91 Å². The molecule has 1 aliphatic heterocycles. The zero-order valence-electron chi connectivity index (χ0n) is 13.6. The number of carbonyl (C=O) groups is 1. The standard InChI is InChI=1S/C16H24N2O4S/c1-13(23(2,21)22)16(20)18-10-8-17(9-11-18)12-15(19)14-6-4-3-5-7-14/h3-7,13,15,19H,8-12H2,1-2H3. The molecule has 0 saturated carbocycles. The summed E-state index contributed by atoms with van der Waals surface area (Å²) in [4.78, 5) is 15.9. The second-order valence-corrected chi connectivity index (χ2v) is 8.39. The minimum atomic E-state index is -3.36. The van der Waals surface area contributed by atoms with Crippen molar-refractivity contribution in [3.63, 3.8) is 0 Å². The van der Waals surface area contributed by atoms with E-state index in [9.17, 15) is 18.3 Å². The fourth-order valence-corrected chi connectivity index (χ4v) is 3.13. The van der Waals surface area contributed by atoms with E-state index in [0.29, 0.717) is 32.7 Å². The van der Waals surface area contributed by atoms with Gasteiger partial charge in [0.25, 0.3) is 0 Å². The molecule has 0 aliphatic carbocycles. The van der Waals surface area contributed by atoms with E-state index in [1.807, 2.05) is 30.3 Å². The highest BCUT2D eigenvalue weighted by atomic mass is 32.2. The van der Waals surface area contributed by atoms with Crippen LogP contribution in [0.3, 0.4) is 0 Å². The second kappa shape index (κ2) is 7.42. The lowest BCUT2D eigenvalue weighted by atomic mass is 10.1. The predicted molar refractivity (Wildman–Crippen MR) is 88.7 cm³/mol. The van der Waals surface area contributed by atoms with Gasteiger partial charge in [0, 0.05) is 39.0 Å². The Morgan fingerprint density at radius 3 is 2.26 bits per heavy atom. The molecule has 0 aromatic heterocycles. The number of aliphatic hydroxyl groups is 1. The molecule has 1 aromatic rings. The van der Waals surface area contributed by atoms with E-state index in [1.54, 1.807) is 4.90 Å². The first-order valence-corrected chi connectivity index (χ1v) is 9.67. The Kier molecular flexibility index (Phi) is 5.78. The minimum Gasteiger partial charge on any atom is -0.387 e. The third-order valence-electron chi connectivity index (χ3n) is 4.29. The molecule has 7 heteroatoms. The molecule has 0 bridgehead atoms. The Hall–Kier alpha value is -1.44. The molecule has 1 amide bonds. The number of sulfone groups is 1. The van der Waals surface area contributed by atoms with Crippen LogP contribution >= 0.6 is 0 Å². The van der Waals surface area contributed by atoms with Crippen LogP contribution in [0.25, 0.3) is 0 Å². The van der Waals surface area contributed by atoms with Crippen molar-refractivity contribution in [1.29, 1.82) is 0 Å². The van der Waals surface area contributed by atoms with Crippen molar-refractivity contribution in [3.05, 3.63) is 35.9 Å². The van der Waals surface area contributed by atoms with E-state index in [2.05, 4.69) is 4.90 Å². The van der Waals surface area contributed by atoms with Gasteiger partial charge in [-0.15, -0.1) is 0 Å². The molecule has 128 valence electrons. The van der Waals surface area contributed by atoms with E-state index in [-0.39, 0.29) is 5.91 Å². The van der Waals surface area contributed by atoms with E-state index >= 15 is 0 Å². The average Bonchev–Trinajstić information content (AvgIpc) is 2.54. The molecule has 0 spiro atoms. The first-order chi connectivity index (χ1) is 10.8. The number of benzene rings is 1. The molecule has 1 aliphatic rings. The number of hydrogen-bond donors (Lipinski definition) is 1. The van der Waals surface area contributed by atoms with Crippen molar-refractivity contribution in [1.82, 2.24) is 9.80 Å². The fourth-order valence-electron chi connectivity index (χ4n) is 2.62. The Morgan fingerprint density at radius 2 is 1.74 bits per heavy atom. The van der Waals surface area contributed by atoms with Crippen molar-refractivity contribution in [2.45, 2.75) is 18.3 Å². The third-order valence-corrected chi connectivity index (χ3v) is 5.78. The van der Waals surface area contributed by atoms with Gasteiger partial charge >= 0.3 is 0 Å². The Labute approximate surface area is 137 Å². The highest BCUT2D eigenvalue weighted by molar-refractivity contribution is 7.92. The summed E-state index contributed by atoms with van der Waals surface area (Å²) in [5.41, 5.74) is 0.872. The maximum atomic E-state index is 12.2. The normalized spacial score (nSPS) is 19.3. The zero-order valence-corrected chi connectivity index (χ0v) is 14.4. The highest BCUT2D eigenvalue weighted by Gasteiger charge is 2.30. The Bertz CT molecular complexity index is 625. The van der Waals surface area contributed by atoms with Crippen LogP contribution in [0.5, 0.6) is 0 Å². The summed E-state index contributed by atoms with van der Waals surface area (Å²) in [7, 11) is -3.36. The molecule has 2 rings (SSSR count). The summed E-state index contributed by atoms with van der Waals surface area (Å²) in [6.45, 7) is 4.18. The first kappa shape index (κ1) is 17.9. The minimum absolute atomic E-state index is 0.337. The van der Waals surface area contributed by atoms with E-state index in [1.165, 1.54) is 6.92 Å². The summed E-state index contributed by atoms with van der Waals surface area (Å²) in [5, 5.41) is 9.24. The number of nitrogens with zero attached hydrogens (tertiary/aromatic N) is 2. The molecule has 2 unspecified atom stereocenters. The van der Waals surface area contributed by atoms with E-state index in [4.69, 9.17) is 0 Å². The van der Waals surface area contributed by atoms with Gasteiger partial charge in [0.05, 0.1) is 6.10 Å². The van der Waals surface area contributed by atoms with Gasteiger partial charge in [0.15, 0.2) is 9.84 Å². The molecule has 1 heterocycles. The van der Waals surface area contributed by atoms with Crippen molar-refractivity contribution >= 4 is 15.7 Å². The highest BCUT2D eigenvalue weighted by Crippen LogP contribution is 2.15. The number of amides is 1. The number of carbonyl (C=O) groups excluding carboxylic acids is 1. The van der Waals surface area contributed by atoms with Crippen molar-refractivity contribution in [2.75, 3.05) is 39.0 Å². The van der Waals surface area contributed by atoms with Crippen LogP contribution in [0.1, 0.15) is 18.6 Å². The monoisotopic (exact) mass is 340 g/mol. The molecule has 1 N–H and O–H groups in total. The molecule has 6 nitrogen and oxygen atoms in total. The number of piperazine rings is 1. The van der Waals surface area contributed by atoms with Crippen LogP contribution in [0.15, 0.2) is 30.3 Å². The molecule has 1 fully saturated rings. The number of β-amino-alcohol motifs (C(OH)–C–C–N with tert-alkyl or cyclic N) is 1. The number of hydrogen-bond acceptors (Lipinski definition) is 5. The van der Waals surface area contributed by atoms with Crippen LogP contribution in [-0.4, -0.2) is 73.5 Å². The maximum absolute atomic E-state index is 12.2. The van der Waals surface area contributed by atoms with Crippen LogP contribution in [0.2, 0.25) is 0 Å². The molecule has 23 heavy (non-hydrogen) atoms. The van der Waals surface area contributed by atoms with Crippen LogP contribution in [0.4, 0.5) is 0 Å². The molecule has 0 radical (unpaired) electrons. The molecule has 1 aromatic carbocycles. The van der Waals surface area contributed by atoms with Gasteiger partial charge < -0.3 is 10.0 Å². The number of aliphatic hydroxyl groups excluding tert-OH is 1. The summed E-state index contributed by atoms with van der Waals surface area (Å²) in [6.07, 6.45) is 0.524. The fraction of sp³-hybridized carbons (Fsp3) is 0.562. The second-order valence-electron chi connectivity index (χ2n) is 6.02. The average molecular weight is 340 g/mol. The van der Waals surface area contributed by atoms with Gasteiger partial charge in [0.1, 0.15) is 5.25 Å². The zero-order chi connectivity index (χ0) is 17.0. The smallest absolute Gasteiger partial charge is 0.240 e. The molecular weight excluding hydrogens is 316 g/mol. The predicted octanol–water partition coefficient (Wildman–Crippen LogP) is 0.297. The lowest BCUT2D eigenvalue weighted by Crippen LogP contribution is -2.52. The summed E-state index contributed by atoms with van der Waals surface area (Å²) in [5.74, 6) is -0.337. The largest absolute Gasteiger partial charge is 0.387 e. The summed E-state index contributed by atoms with van der Waals surface area (Å²) < 4.78 is 23.0. The lowest BCUT2D eigenvalue weighted by Gasteiger charge is -2.36. The first-order valence-electron chi connectivity index (χ1n) is 7.72. The molecule has 1 saturated heterocycles. The molecular formula is C16H24N2O4S. The van der Waals surface area contributed by atoms with E-state index < -0.39 is 21.2 Å². The third kappa shape index (κ3) is 4.76.